The van der Waals surface area contributed by atoms with Gasteiger partial charge in [-0.05, 0) is 67.8 Å². The van der Waals surface area contributed by atoms with Gasteiger partial charge in [0.25, 0.3) is 0 Å². The predicted molar refractivity (Wildman–Crippen MR) is 106 cm³/mol. The molecule has 3 rings (SSSR count). The Balaban J connectivity index is 1.81. The van der Waals surface area contributed by atoms with Gasteiger partial charge in [0.2, 0.25) is 15.9 Å². The number of hydrogen-bond acceptors (Lipinski definition) is 3. The first kappa shape index (κ1) is 19.4. The topological polar surface area (TPSA) is 66.5 Å². The minimum absolute atomic E-state index is 0.140. The van der Waals surface area contributed by atoms with Crippen LogP contribution in [0.2, 0.25) is 5.02 Å². The minimum atomic E-state index is -3.75. The second kappa shape index (κ2) is 7.68. The maximum atomic E-state index is 12.9. The fourth-order valence-corrected chi connectivity index (χ4v) is 5.01. The van der Waals surface area contributed by atoms with Crippen LogP contribution in [0.4, 0.5) is 5.69 Å². The van der Waals surface area contributed by atoms with Crippen LogP contribution in [0, 0.1) is 6.92 Å². The molecular weight excluding hydrogens is 440 g/mol. The molecule has 0 radical (unpaired) electrons. The molecule has 0 unspecified atom stereocenters. The van der Waals surface area contributed by atoms with Crippen LogP contribution in [-0.4, -0.2) is 31.2 Å². The molecule has 0 saturated carbocycles. The van der Waals surface area contributed by atoms with E-state index in [0.717, 1.165) is 10.0 Å². The van der Waals surface area contributed by atoms with Crippen molar-refractivity contribution >= 4 is 49.1 Å². The summed E-state index contributed by atoms with van der Waals surface area (Å²) in [4.78, 5) is 12.8. The number of sulfonamides is 1. The standard InChI is InChI=1S/C18H18BrClN2O3S/c1-12-11-14(6-9-16(12)19)21-18(23)17-3-2-10-22(17)26(24,25)15-7-4-13(20)5-8-15/h4-9,11,17H,2-3,10H2,1H3,(H,21,23)/t17-/m0/s1. The summed E-state index contributed by atoms with van der Waals surface area (Å²) in [6.07, 6.45) is 1.14. The molecule has 0 aromatic heterocycles. The second-order valence-corrected chi connectivity index (χ2v) is 9.36. The summed E-state index contributed by atoms with van der Waals surface area (Å²) in [6.45, 7) is 2.25. The van der Waals surface area contributed by atoms with E-state index in [4.69, 9.17) is 11.6 Å². The van der Waals surface area contributed by atoms with Crippen molar-refractivity contribution in [2.45, 2.75) is 30.7 Å². The Morgan fingerprint density at radius 2 is 1.92 bits per heavy atom. The quantitative estimate of drug-likeness (QED) is 0.748. The zero-order valence-electron chi connectivity index (χ0n) is 14.1. The molecule has 1 heterocycles. The van der Waals surface area contributed by atoms with Gasteiger partial charge >= 0.3 is 0 Å². The molecule has 2 aromatic carbocycles. The largest absolute Gasteiger partial charge is 0.325 e. The molecule has 138 valence electrons. The lowest BCUT2D eigenvalue weighted by Gasteiger charge is -2.23. The Labute approximate surface area is 166 Å². The molecule has 1 fully saturated rings. The number of aryl methyl sites for hydroxylation is 1. The van der Waals surface area contributed by atoms with Crippen molar-refractivity contribution in [1.29, 1.82) is 0 Å². The number of nitrogens with one attached hydrogen (secondary N) is 1. The maximum Gasteiger partial charge on any atom is 0.243 e. The number of benzene rings is 2. The highest BCUT2D eigenvalue weighted by atomic mass is 79.9. The monoisotopic (exact) mass is 456 g/mol. The van der Waals surface area contributed by atoms with Gasteiger partial charge in [-0.2, -0.15) is 4.31 Å². The van der Waals surface area contributed by atoms with E-state index < -0.39 is 16.1 Å². The lowest BCUT2D eigenvalue weighted by molar-refractivity contribution is -0.119. The van der Waals surface area contributed by atoms with Crippen LogP contribution in [0.15, 0.2) is 51.8 Å². The molecule has 0 aliphatic carbocycles. The first-order valence-electron chi connectivity index (χ1n) is 8.13. The summed E-state index contributed by atoms with van der Waals surface area (Å²) < 4.78 is 28.0. The molecule has 2 aromatic rings. The molecule has 1 saturated heterocycles. The van der Waals surface area contributed by atoms with E-state index in [9.17, 15) is 13.2 Å². The van der Waals surface area contributed by atoms with Gasteiger partial charge in [-0.15, -0.1) is 0 Å². The molecule has 26 heavy (non-hydrogen) atoms. The number of carbonyl (C=O) groups excluding carboxylic acids is 1. The fraction of sp³-hybridized carbons (Fsp3) is 0.278. The lowest BCUT2D eigenvalue weighted by Crippen LogP contribution is -2.43. The third kappa shape index (κ3) is 3.96. The predicted octanol–water partition coefficient (Wildman–Crippen LogP) is 4.20. The van der Waals surface area contributed by atoms with Crippen molar-refractivity contribution in [2.75, 3.05) is 11.9 Å². The molecule has 0 spiro atoms. The van der Waals surface area contributed by atoms with Gasteiger partial charge in [0.05, 0.1) is 4.90 Å². The van der Waals surface area contributed by atoms with Crippen molar-refractivity contribution in [3.8, 4) is 0 Å². The van der Waals surface area contributed by atoms with Crippen molar-refractivity contribution in [2.24, 2.45) is 0 Å². The Morgan fingerprint density at radius 3 is 2.58 bits per heavy atom. The summed E-state index contributed by atoms with van der Waals surface area (Å²) in [5.74, 6) is -0.318. The van der Waals surface area contributed by atoms with E-state index in [2.05, 4.69) is 21.2 Å². The molecule has 8 heteroatoms. The van der Waals surface area contributed by atoms with E-state index in [1.807, 2.05) is 19.1 Å². The van der Waals surface area contributed by atoms with Crippen molar-refractivity contribution < 1.29 is 13.2 Å². The first-order valence-corrected chi connectivity index (χ1v) is 10.7. The molecule has 5 nitrogen and oxygen atoms in total. The van der Waals surface area contributed by atoms with Gasteiger partial charge in [0.15, 0.2) is 0 Å². The normalized spacial score (nSPS) is 18.0. The summed E-state index contributed by atoms with van der Waals surface area (Å²) in [6, 6.07) is 10.7. The van der Waals surface area contributed by atoms with E-state index in [1.165, 1.54) is 28.6 Å². The maximum absolute atomic E-state index is 12.9. The minimum Gasteiger partial charge on any atom is -0.325 e. The molecule has 1 amide bonds. The molecule has 0 bridgehead atoms. The zero-order chi connectivity index (χ0) is 18.9. The van der Waals surface area contributed by atoms with Crippen LogP contribution in [0.25, 0.3) is 0 Å². The third-order valence-electron chi connectivity index (χ3n) is 4.35. The summed E-state index contributed by atoms with van der Waals surface area (Å²) >= 11 is 9.26. The van der Waals surface area contributed by atoms with Crippen LogP contribution < -0.4 is 5.32 Å². The van der Waals surface area contributed by atoms with Crippen LogP contribution in [0.3, 0.4) is 0 Å². The summed E-state index contributed by atoms with van der Waals surface area (Å²) in [7, 11) is -3.75. The number of anilines is 1. The van der Waals surface area contributed by atoms with E-state index in [-0.39, 0.29) is 10.8 Å². The van der Waals surface area contributed by atoms with Crippen molar-refractivity contribution in [1.82, 2.24) is 4.31 Å². The number of hydrogen-bond donors (Lipinski definition) is 1. The van der Waals surface area contributed by atoms with Crippen LogP contribution in [-0.2, 0) is 14.8 Å². The van der Waals surface area contributed by atoms with Crippen molar-refractivity contribution in [3.05, 3.63) is 57.5 Å². The van der Waals surface area contributed by atoms with Gasteiger partial charge < -0.3 is 5.32 Å². The highest BCUT2D eigenvalue weighted by Crippen LogP contribution is 2.28. The average Bonchev–Trinajstić information content (AvgIpc) is 3.09. The highest BCUT2D eigenvalue weighted by Gasteiger charge is 2.39. The molecule has 1 aliphatic rings. The van der Waals surface area contributed by atoms with Crippen LogP contribution in [0.5, 0.6) is 0 Å². The number of amides is 1. The second-order valence-electron chi connectivity index (χ2n) is 6.18. The van der Waals surface area contributed by atoms with Crippen LogP contribution in [0.1, 0.15) is 18.4 Å². The molecular formula is C18H18BrClN2O3S. The summed E-state index contributed by atoms with van der Waals surface area (Å²) in [5, 5.41) is 3.29. The Morgan fingerprint density at radius 1 is 1.23 bits per heavy atom. The summed E-state index contributed by atoms with van der Waals surface area (Å²) in [5.41, 5.74) is 1.63. The number of rotatable bonds is 4. The van der Waals surface area contributed by atoms with Gasteiger partial charge in [-0.25, -0.2) is 8.42 Å². The van der Waals surface area contributed by atoms with Gasteiger partial charge in [-0.1, -0.05) is 27.5 Å². The fourth-order valence-electron chi connectivity index (χ4n) is 2.98. The Kier molecular flexibility index (Phi) is 5.72. The lowest BCUT2D eigenvalue weighted by atomic mass is 10.2. The number of carbonyl (C=O) groups is 1. The van der Waals surface area contributed by atoms with E-state index in [1.54, 1.807) is 6.07 Å². The van der Waals surface area contributed by atoms with E-state index in [0.29, 0.717) is 30.1 Å². The van der Waals surface area contributed by atoms with E-state index >= 15 is 0 Å². The van der Waals surface area contributed by atoms with Gasteiger partial charge in [-0.3, -0.25) is 4.79 Å². The number of halogens is 2. The van der Waals surface area contributed by atoms with Gasteiger partial charge in [0, 0.05) is 21.7 Å². The molecule has 1 atom stereocenters. The average molecular weight is 458 g/mol. The Hall–Kier alpha value is -1.41. The van der Waals surface area contributed by atoms with Crippen molar-refractivity contribution in [3.63, 3.8) is 0 Å². The Bertz CT molecular complexity index is 932. The molecule has 1 N–H and O–H groups in total. The number of nitrogens with zero attached hydrogens (tertiary/aromatic N) is 1. The third-order valence-corrected chi connectivity index (χ3v) is 7.42. The highest BCUT2D eigenvalue weighted by molar-refractivity contribution is 9.10. The smallest absolute Gasteiger partial charge is 0.243 e. The van der Waals surface area contributed by atoms with Gasteiger partial charge in [0.1, 0.15) is 6.04 Å². The SMILES string of the molecule is Cc1cc(NC(=O)[C@@H]2CCCN2S(=O)(=O)c2ccc(Cl)cc2)ccc1Br. The van der Waals surface area contributed by atoms with Crippen LogP contribution >= 0.6 is 27.5 Å². The zero-order valence-corrected chi connectivity index (χ0v) is 17.2. The first-order chi connectivity index (χ1) is 12.3. The molecule has 1 aliphatic heterocycles.